The molecule has 0 saturated carbocycles. The predicted octanol–water partition coefficient (Wildman–Crippen LogP) is 2.28. The summed E-state index contributed by atoms with van der Waals surface area (Å²) in [4.78, 5) is 11.0. The predicted molar refractivity (Wildman–Crippen MR) is 72.1 cm³/mol. The van der Waals surface area contributed by atoms with Crippen molar-refractivity contribution in [1.29, 1.82) is 0 Å². The van der Waals surface area contributed by atoms with Gasteiger partial charge in [-0.25, -0.2) is 0 Å². The number of carbonyl (C=O) groups excluding carboxylic acids is 1. The molecule has 1 aromatic carbocycles. The van der Waals surface area contributed by atoms with Crippen LogP contribution >= 0.6 is 0 Å². The lowest BCUT2D eigenvalue weighted by molar-refractivity contribution is -0.117. The van der Waals surface area contributed by atoms with Crippen molar-refractivity contribution >= 4 is 19.0 Å². The van der Waals surface area contributed by atoms with Gasteiger partial charge < -0.3 is 9.53 Å². The molecule has 1 saturated heterocycles. The van der Waals surface area contributed by atoms with Gasteiger partial charge >= 0.3 is 0 Å². The molecule has 2 atom stereocenters. The highest BCUT2D eigenvalue weighted by molar-refractivity contribution is 6.91. The number of Topliss-reactive ketones (excluding diaryl/α,β-unsaturated/α-hetero) is 1. The van der Waals surface area contributed by atoms with Crippen LogP contribution in [0.1, 0.15) is 19.8 Å². The maximum absolute atomic E-state index is 11.0. The molecule has 1 aliphatic rings. The fourth-order valence-corrected chi connectivity index (χ4v) is 5.37. The van der Waals surface area contributed by atoms with E-state index in [2.05, 4.69) is 43.4 Å². The molecule has 1 heterocycles. The van der Waals surface area contributed by atoms with Crippen LogP contribution in [0, 0.1) is 0 Å². The van der Waals surface area contributed by atoms with Crippen LogP contribution < -0.4 is 5.19 Å². The number of rotatable bonds is 5. The smallest absolute Gasteiger partial charge is 0.129 e. The van der Waals surface area contributed by atoms with E-state index in [1.807, 2.05) is 0 Å². The first-order chi connectivity index (χ1) is 8.01. The van der Waals surface area contributed by atoms with Gasteiger partial charge in [0.2, 0.25) is 0 Å². The summed E-state index contributed by atoms with van der Waals surface area (Å²) in [6, 6.07) is 10.6. The van der Waals surface area contributed by atoms with Crippen molar-refractivity contribution in [3.63, 3.8) is 0 Å². The summed E-state index contributed by atoms with van der Waals surface area (Å²) in [5, 5.41) is 1.44. The van der Waals surface area contributed by atoms with Crippen LogP contribution in [0.25, 0.3) is 0 Å². The molecule has 3 heteroatoms. The van der Waals surface area contributed by atoms with E-state index in [0.717, 1.165) is 6.42 Å². The Kier molecular flexibility index (Phi) is 3.49. The van der Waals surface area contributed by atoms with E-state index in [1.54, 1.807) is 6.92 Å². The Labute approximate surface area is 104 Å². The van der Waals surface area contributed by atoms with Crippen LogP contribution in [0.2, 0.25) is 13.1 Å². The maximum Gasteiger partial charge on any atom is 0.129 e. The summed E-state index contributed by atoms with van der Waals surface area (Å²) in [5.74, 6) is 0.262. The van der Waals surface area contributed by atoms with Gasteiger partial charge in [0.15, 0.2) is 0 Å². The number of epoxide rings is 1. The van der Waals surface area contributed by atoms with E-state index in [0.29, 0.717) is 18.3 Å². The molecular formula is C14H20O2Si. The lowest BCUT2D eigenvalue weighted by Crippen LogP contribution is -2.48. The fraction of sp³-hybridized carbons (Fsp3) is 0.500. The number of hydrogen-bond donors (Lipinski definition) is 0. The highest BCUT2D eigenvalue weighted by Crippen LogP contribution is 2.34. The first kappa shape index (κ1) is 12.5. The zero-order valence-electron chi connectivity index (χ0n) is 10.8. The summed E-state index contributed by atoms with van der Waals surface area (Å²) in [5.41, 5.74) is 0.393. The van der Waals surface area contributed by atoms with Crippen LogP contribution in [0.15, 0.2) is 30.3 Å². The van der Waals surface area contributed by atoms with E-state index in [9.17, 15) is 4.79 Å². The Morgan fingerprint density at radius 1 is 1.29 bits per heavy atom. The average molecular weight is 248 g/mol. The van der Waals surface area contributed by atoms with Crippen LogP contribution in [0.4, 0.5) is 0 Å². The number of hydrogen-bond acceptors (Lipinski definition) is 2. The van der Waals surface area contributed by atoms with E-state index in [-0.39, 0.29) is 5.78 Å². The summed E-state index contributed by atoms with van der Waals surface area (Å²) in [6.07, 6.45) is 1.87. The van der Waals surface area contributed by atoms with Crippen LogP contribution in [0.5, 0.6) is 0 Å². The molecule has 2 rings (SSSR count). The second-order valence-corrected chi connectivity index (χ2v) is 10.0. The summed E-state index contributed by atoms with van der Waals surface area (Å²) >= 11 is 0. The molecule has 1 aromatic rings. The van der Waals surface area contributed by atoms with Gasteiger partial charge in [-0.2, -0.15) is 0 Å². The Hall–Kier alpha value is -0.933. The van der Waals surface area contributed by atoms with Gasteiger partial charge in [-0.3, -0.25) is 0 Å². The topological polar surface area (TPSA) is 29.6 Å². The first-order valence-corrected chi connectivity index (χ1v) is 9.30. The SMILES string of the molecule is CC(=O)CC[C@H]1O[C@H]1[Si](C)(C)c1ccccc1. The Balaban J connectivity index is 1.97. The molecule has 0 bridgehead atoms. The molecule has 0 N–H and O–H groups in total. The van der Waals surface area contributed by atoms with Crippen molar-refractivity contribution in [3.8, 4) is 0 Å². The molecule has 92 valence electrons. The Morgan fingerprint density at radius 2 is 1.94 bits per heavy atom. The minimum atomic E-state index is -1.51. The minimum absolute atomic E-state index is 0.262. The third-order valence-corrected chi connectivity index (χ3v) is 7.34. The number of ketones is 1. The van der Waals surface area contributed by atoms with Crippen molar-refractivity contribution in [2.45, 2.75) is 44.7 Å². The quantitative estimate of drug-likeness (QED) is 0.591. The van der Waals surface area contributed by atoms with Crippen LogP contribution in [0.3, 0.4) is 0 Å². The summed E-state index contributed by atoms with van der Waals surface area (Å²) < 4.78 is 5.80. The molecule has 0 aromatic heterocycles. The molecular weight excluding hydrogens is 228 g/mol. The van der Waals surface area contributed by atoms with Gasteiger partial charge in [-0.05, 0) is 13.3 Å². The van der Waals surface area contributed by atoms with Gasteiger partial charge in [0.1, 0.15) is 13.9 Å². The molecule has 1 aliphatic heterocycles. The third kappa shape index (κ3) is 2.85. The summed E-state index contributed by atoms with van der Waals surface area (Å²) in [6.45, 7) is 6.35. The molecule has 0 radical (unpaired) electrons. The first-order valence-electron chi connectivity index (χ1n) is 6.22. The van der Waals surface area contributed by atoms with E-state index >= 15 is 0 Å². The second-order valence-electron chi connectivity index (χ2n) is 5.42. The zero-order valence-corrected chi connectivity index (χ0v) is 11.8. The molecule has 0 aliphatic carbocycles. The third-order valence-electron chi connectivity index (χ3n) is 3.59. The average Bonchev–Trinajstić information content (AvgIpc) is 3.07. The van der Waals surface area contributed by atoms with Gasteiger partial charge in [-0.15, -0.1) is 0 Å². The van der Waals surface area contributed by atoms with Crippen molar-refractivity contribution < 1.29 is 9.53 Å². The highest BCUT2D eigenvalue weighted by Gasteiger charge is 2.51. The number of ether oxygens (including phenoxy) is 1. The van der Waals surface area contributed by atoms with Crippen molar-refractivity contribution in [2.75, 3.05) is 0 Å². The van der Waals surface area contributed by atoms with Crippen LogP contribution in [-0.2, 0) is 9.53 Å². The molecule has 1 fully saturated rings. The maximum atomic E-state index is 11.0. The summed E-state index contributed by atoms with van der Waals surface area (Å²) in [7, 11) is -1.51. The molecule has 17 heavy (non-hydrogen) atoms. The van der Waals surface area contributed by atoms with Crippen molar-refractivity contribution in [2.24, 2.45) is 0 Å². The number of benzene rings is 1. The van der Waals surface area contributed by atoms with E-state index < -0.39 is 8.07 Å². The van der Waals surface area contributed by atoms with Gasteiger partial charge in [0, 0.05) is 6.42 Å². The van der Waals surface area contributed by atoms with Crippen molar-refractivity contribution in [1.82, 2.24) is 0 Å². The Bertz CT molecular complexity index is 400. The lowest BCUT2D eigenvalue weighted by atomic mass is 10.2. The molecule has 0 unspecified atom stereocenters. The standard InChI is InChI=1S/C14H20O2Si/c1-11(15)9-10-13-14(16-13)17(2,3)12-7-5-4-6-8-12/h4-8,13-14H,9-10H2,1-3H3/t13-,14+/m1/s1. The second kappa shape index (κ2) is 4.74. The number of carbonyl (C=O) groups is 1. The largest absolute Gasteiger partial charge is 0.373 e. The Morgan fingerprint density at radius 3 is 2.53 bits per heavy atom. The van der Waals surface area contributed by atoms with Gasteiger partial charge in [-0.1, -0.05) is 48.6 Å². The van der Waals surface area contributed by atoms with Crippen LogP contribution in [-0.4, -0.2) is 25.7 Å². The molecule has 2 nitrogen and oxygen atoms in total. The highest BCUT2D eigenvalue weighted by atomic mass is 28.3. The van der Waals surface area contributed by atoms with E-state index in [1.165, 1.54) is 5.19 Å². The zero-order chi connectivity index (χ0) is 12.5. The minimum Gasteiger partial charge on any atom is -0.373 e. The lowest BCUT2D eigenvalue weighted by Gasteiger charge is -2.20. The van der Waals surface area contributed by atoms with Gasteiger partial charge in [0.05, 0.1) is 11.8 Å². The van der Waals surface area contributed by atoms with Crippen molar-refractivity contribution in [3.05, 3.63) is 30.3 Å². The normalized spacial score (nSPS) is 23.5. The van der Waals surface area contributed by atoms with Gasteiger partial charge in [0.25, 0.3) is 0 Å². The molecule has 0 amide bonds. The molecule has 0 spiro atoms. The fourth-order valence-electron chi connectivity index (χ4n) is 2.37. The monoisotopic (exact) mass is 248 g/mol. The van der Waals surface area contributed by atoms with E-state index in [4.69, 9.17) is 4.74 Å².